The highest BCUT2D eigenvalue weighted by Crippen LogP contribution is 2.41. The van der Waals surface area contributed by atoms with E-state index in [1.807, 2.05) is 24.3 Å². The first kappa shape index (κ1) is 14.9. The molecule has 3 fully saturated rings. The van der Waals surface area contributed by atoms with Crippen LogP contribution >= 0.6 is 0 Å². The van der Waals surface area contributed by atoms with E-state index in [-0.39, 0.29) is 6.04 Å². The van der Waals surface area contributed by atoms with Crippen molar-refractivity contribution < 1.29 is 9.84 Å². The van der Waals surface area contributed by atoms with E-state index >= 15 is 0 Å². The van der Waals surface area contributed by atoms with Crippen molar-refractivity contribution >= 4 is 10.9 Å². The molecule has 4 heteroatoms. The minimum Gasteiger partial charge on any atom is -0.497 e. The van der Waals surface area contributed by atoms with Crippen LogP contribution in [0, 0.1) is 11.8 Å². The third kappa shape index (κ3) is 2.50. The van der Waals surface area contributed by atoms with Gasteiger partial charge in [-0.15, -0.1) is 0 Å². The van der Waals surface area contributed by atoms with Crippen molar-refractivity contribution in [2.45, 2.75) is 31.9 Å². The van der Waals surface area contributed by atoms with Gasteiger partial charge in [0, 0.05) is 24.2 Å². The molecule has 0 amide bonds. The first-order chi connectivity index (χ1) is 11.2. The molecule has 3 saturated heterocycles. The normalized spacial score (nSPS) is 31.3. The fraction of sp³-hybridized carbons (Fsp3) is 0.526. The highest BCUT2D eigenvalue weighted by molar-refractivity contribution is 5.83. The summed E-state index contributed by atoms with van der Waals surface area (Å²) < 4.78 is 5.35. The molecule has 4 heterocycles. The number of benzene rings is 1. The quantitative estimate of drug-likeness (QED) is 0.946. The molecule has 3 aliphatic heterocycles. The lowest BCUT2D eigenvalue weighted by Gasteiger charge is -2.50. The zero-order valence-electron chi connectivity index (χ0n) is 13.8. The molecule has 122 valence electrons. The van der Waals surface area contributed by atoms with Gasteiger partial charge in [0.25, 0.3) is 0 Å². The van der Waals surface area contributed by atoms with Gasteiger partial charge in [-0.3, -0.25) is 9.88 Å². The maximum absolute atomic E-state index is 11.1. The minimum absolute atomic E-state index is 0.224. The largest absolute Gasteiger partial charge is 0.497 e. The highest BCUT2D eigenvalue weighted by Gasteiger charge is 2.41. The van der Waals surface area contributed by atoms with Crippen molar-refractivity contribution in [2.75, 3.05) is 20.2 Å². The molecule has 2 bridgehead atoms. The molecule has 1 N–H and O–H groups in total. The average molecular weight is 312 g/mol. The monoisotopic (exact) mass is 312 g/mol. The number of piperidine rings is 3. The van der Waals surface area contributed by atoms with Gasteiger partial charge < -0.3 is 9.84 Å². The molecule has 0 spiro atoms. The van der Waals surface area contributed by atoms with E-state index in [9.17, 15) is 5.11 Å². The minimum atomic E-state index is -0.470. The maximum atomic E-state index is 11.1. The molecular formula is C19H24N2O2. The molecule has 5 unspecified atom stereocenters. The zero-order chi connectivity index (χ0) is 16.0. The summed E-state index contributed by atoms with van der Waals surface area (Å²) in [6.45, 7) is 4.56. The summed E-state index contributed by atoms with van der Waals surface area (Å²) in [6.07, 6.45) is 3.69. The second-order valence-electron chi connectivity index (χ2n) is 7.05. The third-order valence-corrected chi connectivity index (χ3v) is 5.79. The SMILES string of the molecule is COc1ccc2nccc(C(O)C3CC4CCN3CC4C)c2c1. The van der Waals surface area contributed by atoms with E-state index in [4.69, 9.17) is 4.74 Å². The third-order valence-electron chi connectivity index (χ3n) is 5.79. The molecule has 23 heavy (non-hydrogen) atoms. The Balaban J connectivity index is 1.71. The Morgan fingerprint density at radius 1 is 1.35 bits per heavy atom. The average Bonchev–Trinajstić information content (AvgIpc) is 2.60. The number of aliphatic hydroxyl groups excluding tert-OH is 1. The Morgan fingerprint density at radius 3 is 2.91 bits per heavy atom. The standard InChI is InChI=1S/C19H24N2O2/c1-12-11-21-8-6-13(12)9-18(21)19(22)15-5-7-20-17-4-3-14(23-2)10-16(15)17/h3-5,7,10,12-13,18-19,22H,6,8-9,11H2,1-2H3. The lowest BCUT2D eigenvalue weighted by molar-refractivity contribution is -0.0510. The van der Waals surface area contributed by atoms with Gasteiger partial charge in [0.2, 0.25) is 0 Å². The lowest BCUT2D eigenvalue weighted by atomic mass is 9.74. The van der Waals surface area contributed by atoms with Crippen LogP contribution < -0.4 is 4.74 Å². The van der Waals surface area contributed by atoms with Crippen molar-refractivity contribution in [2.24, 2.45) is 11.8 Å². The Kier molecular flexibility index (Phi) is 3.74. The number of pyridine rings is 1. The van der Waals surface area contributed by atoms with E-state index in [2.05, 4.69) is 16.8 Å². The molecule has 2 aromatic rings. The van der Waals surface area contributed by atoms with Gasteiger partial charge in [-0.2, -0.15) is 0 Å². The van der Waals surface area contributed by atoms with Gasteiger partial charge in [0.1, 0.15) is 5.75 Å². The lowest BCUT2D eigenvalue weighted by Crippen LogP contribution is -2.54. The van der Waals surface area contributed by atoms with Crippen molar-refractivity contribution in [3.63, 3.8) is 0 Å². The summed E-state index contributed by atoms with van der Waals surface area (Å²) in [5.74, 6) is 2.31. The van der Waals surface area contributed by atoms with Crippen LogP contribution in [0.25, 0.3) is 10.9 Å². The molecule has 0 saturated carbocycles. The van der Waals surface area contributed by atoms with Gasteiger partial charge in [-0.1, -0.05) is 6.92 Å². The number of ether oxygens (including phenoxy) is 1. The summed E-state index contributed by atoms with van der Waals surface area (Å²) in [7, 11) is 1.67. The Bertz CT molecular complexity index is 718. The van der Waals surface area contributed by atoms with E-state index in [0.717, 1.165) is 53.6 Å². The number of fused-ring (bicyclic) bond motifs is 4. The number of hydrogen-bond donors (Lipinski definition) is 1. The summed E-state index contributed by atoms with van der Waals surface area (Å²) >= 11 is 0. The Labute approximate surface area is 137 Å². The molecule has 0 radical (unpaired) electrons. The fourth-order valence-electron chi connectivity index (χ4n) is 4.40. The first-order valence-electron chi connectivity index (χ1n) is 8.52. The summed E-state index contributed by atoms with van der Waals surface area (Å²) in [5, 5.41) is 12.1. The number of aliphatic hydroxyl groups is 1. The van der Waals surface area contributed by atoms with Gasteiger partial charge in [-0.25, -0.2) is 0 Å². The molecule has 1 aromatic heterocycles. The Morgan fingerprint density at radius 2 is 2.22 bits per heavy atom. The summed E-state index contributed by atoms with van der Waals surface area (Å²) in [5.41, 5.74) is 1.88. The van der Waals surface area contributed by atoms with E-state index in [0.29, 0.717) is 0 Å². The van der Waals surface area contributed by atoms with Crippen LogP contribution in [0.2, 0.25) is 0 Å². The summed E-state index contributed by atoms with van der Waals surface area (Å²) in [6, 6.07) is 8.04. The van der Waals surface area contributed by atoms with Crippen LogP contribution in [-0.4, -0.2) is 41.2 Å². The molecule has 1 aromatic carbocycles. The fourth-order valence-corrected chi connectivity index (χ4v) is 4.40. The first-order valence-corrected chi connectivity index (χ1v) is 8.52. The van der Waals surface area contributed by atoms with Crippen molar-refractivity contribution in [1.29, 1.82) is 0 Å². The van der Waals surface area contributed by atoms with Crippen LogP contribution in [0.4, 0.5) is 0 Å². The maximum Gasteiger partial charge on any atom is 0.119 e. The smallest absolute Gasteiger partial charge is 0.119 e. The predicted molar refractivity (Wildman–Crippen MR) is 90.5 cm³/mol. The second-order valence-corrected chi connectivity index (χ2v) is 7.05. The van der Waals surface area contributed by atoms with Crippen LogP contribution in [0.5, 0.6) is 5.75 Å². The number of nitrogens with zero attached hydrogens (tertiary/aromatic N) is 2. The number of methoxy groups -OCH3 is 1. The molecule has 5 atom stereocenters. The highest BCUT2D eigenvalue weighted by atomic mass is 16.5. The van der Waals surface area contributed by atoms with E-state index < -0.39 is 6.10 Å². The van der Waals surface area contributed by atoms with E-state index in [1.54, 1.807) is 13.3 Å². The molecule has 0 aliphatic carbocycles. The predicted octanol–water partition coefficient (Wildman–Crippen LogP) is 3.01. The molecule has 5 rings (SSSR count). The van der Waals surface area contributed by atoms with Crippen molar-refractivity contribution in [1.82, 2.24) is 9.88 Å². The van der Waals surface area contributed by atoms with Crippen molar-refractivity contribution in [3.05, 3.63) is 36.0 Å². The number of aromatic nitrogens is 1. The molecular weight excluding hydrogens is 288 g/mol. The second kappa shape index (κ2) is 5.77. The molecule has 3 aliphatic rings. The Hall–Kier alpha value is -1.65. The number of rotatable bonds is 3. The zero-order valence-corrected chi connectivity index (χ0v) is 13.8. The van der Waals surface area contributed by atoms with E-state index in [1.165, 1.54) is 6.42 Å². The number of hydrogen-bond acceptors (Lipinski definition) is 4. The van der Waals surface area contributed by atoms with Gasteiger partial charge in [0.15, 0.2) is 0 Å². The van der Waals surface area contributed by atoms with Crippen LogP contribution in [-0.2, 0) is 0 Å². The summed E-state index contributed by atoms with van der Waals surface area (Å²) in [4.78, 5) is 6.90. The van der Waals surface area contributed by atoms with Gasteiger partial charge in [0.05, 0.1) is 18.7 Å². The van der Waals surface area contributed by atoms with Crippen LogP contribution in [0.1, 0.15) is 31.4 Å². The van der Waals surface area contributed by atoms with Crippen molar-refractivity contribution in [3.8, 4) is 5.75 Å². The van der Waals surface area contributed by atoms with Gasteiger partial charge >= 0.3 is 0 Å². The van der Waals surface area contributed by atoms with Crippen LogP contribution in [0.3, 0.4) is 0 Å². The molecule has 4 nitrogen and oxygen atoms in total. The topological polar surface area (TPSA) is 45.6 Å². The van der Waals surface area contributed by atoms with Crippen LogP contribution in [0.15, 0.2) is 30.5 Å². The van der Waals surface area contributed by atoms with Gasteiger partial charge in [-0.05, 0) is 61.1 Å².